The van der Waals surface area contributed by atoms with Crippen LogP contribution in [0.1, 0.15) is 25.8 Å². The van der Waals surface area contributed by atoms with Crippen molar-refractivity contribution >= 4 is 5.96 Å². The normalized spacial score (nSPS) is 15.0. The fourth-order valence-corrected chi connectivity index (χ4v) is 1.98. The molecule has 24 heavy (non-hydrogen) atoms. The van der Waals surface area contributed by atoms with Gasteiger partial charge in [0.2, 0.25) is 0 Å². The maximum absolute atomic E-state index is 12.7. The Morgan fingerprint density at radius 3 is 2.67 bits per heavy atom. The number of nitrogens with two attached hydrogens (primary N) is 1. The lowest BCUT2D eigenvalue weighted by atomic mass is 10.2. The van der Waals surface area contributed by atoms with Crippen molar-refractivity contribution in [3.63, 3.8) is 0 Å². The number of benzene rings is 1. The second-order valence-corrected chi connectivity index (χ2v) is 5.40. The highest BCUT2D eigenvalue weighted by atomic mass is 19.4. The number of halogens is 3. The monoisotopic (exact) mass is 347 g/mol. The van der Waals surface area contributed by atoms with Crippen molar-refractivity contribution in [3.8, 4) is 5.75 Å². The standard InChI is InChI=1S/C16H24F3N3O2/c1-4-13(9-21-15(20)22-11(2)10-23-3)24-14-7-5-6-12(8-14)16(17,18)19/h5-8,11,13H,4,9-10H2,1-3H3,(H3,20,21,22). The zero-order chi connectivity index (χ0) is 18.2. The summed E-state index contributed by atoms with van der Waals surface area (Å²) < 4.78 is 48.7. The molecule has 1 aromatic rings. The van der Waals surface area contributed by atoms with Crippen LogP contribution in [0.5, 0.6) is 5.75 Å². The van der Waals surface area contributed by atoms with Gasteiger partial charge in [-0.3, -0.25) is 0 Å². The maximum atomic E-state index is 12.7. The Morgan fingerprint density at radius 2 is 2.08 bits per heavy atom. The second kappa shape index (κ2) is 9.36. The predicted octanol–water partition coefficient (Wildman–Crippen LogP) is 2.80. The highest BCUT2D eigenvalue weighted by Gasteiger charge is 2.30. The molecule has 0 heterocycles. The molecule has 1 aromatic carbocycles. The summed E-state index contributed by atoms with van der Waals surface area (Å²) in [6.45, 7) is 4.48. The van der Waals surface area contributed by atoms with Crippen molar-refractivity contribution in [2.24, 2.45) is 10.7 Å². The van der Waals surface area contributed by atoms with Crippen molar-refractivity contribution in [2.45, 2.75) is 38.6 Å². The molecule has 0 aromatic heterocycles. The molecule has 1 rings (SSSR count). The van der Waals surface area contributed by atoms with Crippen LogP contribution >= 0.6 is 0 Å². The average Bonchev–Trinajstić information content (AvgIpc) is 2.51. The van der Waals surface area contributed by atoms with Crippen molar-refractivity contribution in [1.29, 1.82) is 0 Å². The van der Waals surface area contributed by atoms with Crippen molar-refractivity contribution in [3.05, 3.63) is 29.8 Å². The lowest BCUT2D eigenvalue weighted by Gasteiger charge is -2.18. The Balaban J connectivity index is 2.65. The van der Waals surface area contributed by atoms with Crippen LogP contribution in [0, 0.1) is 0 Å². The number of nitrogens with zero attached hydrogens (tertiary/aromatic N) is 1. The number of alkyl halides is 3. The number of aliphatic imine (C=N–C) groups is 1. The summed E-state index contributed by atoms with van der Waals surface area (Å²) in [4.78, 5) is 4.17. The number of nitrogens with one attached hydrogen (secondary N) is 1. The number of hydrogen-bond donors (Lipinski definition) is 2. The summed E-state index contributed by atoms with van der Waals surface area (Å²) in [6.07, 6.45) is -4.18. The van der Waals surface area contributed by atoms with Gasteiger partial charge in [0.1, 0.15) is 11.9 Å². The van der Waals surface area contributed by atoms with E-state index in [2.05, 4.69) is 10.3 Å². The van der Waals surface area contributed by atoms with Gasteiger partial charge in [0.15, 0.2) is 5.96 Å². The molecule has 3 N–H and O–H groups in total. The van der Waals surface area contributed by atoms with Crippen LogP contribution < -0.4 is 15.8 Å². The highest BCUT2D eigenvalue weighted by Crippen LogP contribution is 2.31. The first-order chi connectivity index (χ1) is 11.3. The van der Waals surface area contributed by atoms with E-state index in [1.54, 1.807) is 7.11 Å². The predicted molar refractivity (Wildman–Crippen MR) is 87.1 cm³/mol. The Morgan fingerprint density at radius 1 is 1.38 bits per heavy atom. The largest absolute Gasteiger partial charge is 0.488 e. The van der Waals surface area contributed by atoms with Gasteiger partial charge in [-0.2, -0.15) is 13.2 Å². The van der Waals surface area contributed by atoms with Crippen LogP contribution in [-0.4, -0.2) is 38.4 Å². The molecule has 5 nitrogen and oxygen atoms in total. The van der Waals surface area contributed by atoms with Crippen LogP contribution in [0.4, 0.5) is 13.2 Å². The summed E-state index contributed by atoms with van der Waals surface area (Å²) in [6, 6.07) is 4.79. The van der Waals surface area contributed by atoms with Crippen molar-refractivity contribution in [1.82, 2.24) is 5.32 Å². The van der Waals surface area contributed by atoms with E-state index >= 15 is 0 Å². The fourth-order valence-electron chi connectivity index (χ4n) is 1.98. The molecule has 0 aliphatic rings. The number of methoxy groups -OCH3 is 1. The minimum Gasteiger partial charge on any atom is -0.488 e. The number of hydrogen-bond acceptors (Lipinski definition) is 3. The molecule has 0 saturated heterocycles. The molecule has 0 amide bonds. The Bertz CT molecular complexity index is 536. The van der Waals surface area contributed by atoms with Crippen LogP contribution in [0.3, 0.4) is 0 Å². The minimum absolute atomic E-state index is 0.00297. The molecule has 0 spiro atoms. The Hall–Kier alpha value is -1.96. The summed E-state index contributed by atoms with van der Waals surface area (Å²) in [5, 5.41) is 2.95. The van der Waals surface area contributed by atoms with Gasteiger partial charge in [-0.25, -0.2) is 4.99 Å². The third kappa shape index (κ3) is 7.08. The van der Waals surface area contributed by atoms with Gasteiger partial charge >= 0.3 is 6.18 Å². The van der Waals surface area contributed by atoms with Gasteiger partial charge in [0, 0.05) is 13.2 Å². The topological polar surface area (TPSA) is 68.9 Å². The van der Waals surface area contributed by atoms with E-state index < -0.39 is 11.7 Å². The van der Waals surface area contributed by atoms with E-state index in [4.69, 9.17) is 15.2 Å². The molecular formula is C16H24F3N3O2. The molecule has 0 aliphatic heterocycles. The summed E-state index contributed by atoms with van der Waals surface area (Å²) in [5.41, 5.74) is 5.02. The fraction of sp³-hybridized carbons (Fsp3) is 0.562. The van der Waals surface area contributed by atoms with E-state index in [0.29, 0.717) is 13.0 Å². The number of ether oxygens (including phenoxy) is 2. The zero-order valence-electron chi connectivity index (χ0n) is 14.1. The second-order valence-electron chi connectivity index (χ2n) is 5.40. The van der Waals surface area contributed by atoms with Crippen LogP contribution in [0.15, 0.2) is 29.3 Å². The first kappa shape index (κ1) is 20.1. The molecule has 0 fully saturated rings. The molecule has 0 bridgehead atoms. The average molecular weight is 347 g/mol. The van der Waals surface area contributed by atoms with E-state index in [-0.39, 0.29) is 30.4 Å². The molecule has 0 radical (unpaired) electrons. The van der Waals surface area contributed by atoms with Gasteiger partial charge in [-0.15, -0.1) is 0 Å². The highest BCUT2D eigenvalue weighted by molar-refractivity contribution is 5.78. The zero-order valence-corrected chi connectivity index (χ0v) is 14.1. The summed E-state index contributed by atoms with van der Waals surface area (Å²) in [7, 11) is 1.58. The van der Waals surface area contributed by atoms with Crippen molar-refractivity contribution < 1.29 is 22.6 Å². The third-order valence-corrected chi connectivity index (χ3v) is 3.20. The smallest absolute Gasteiger partial charge is 0.416 e. The maximum Gasteiger partial charge on any atom is 0.416 e. The Labute approximate surface area is 140 Å². The van der Waals surface area contributed by atoms with Crippen LogP contribution in [0.2, 0.25) is 0 Å². The lowest BCUT2D eigenvalue weighted by molar-refractivity contribution is -0.137. The van der Waals surface area contributed by atoms with Gasteiger partial charge in [-0.05, 0) is 31.5 Å². The molecule has 0 saturated carbocycles. The van der Waals surface area contributed by atoms with Crippen molar-refractivity contribution in [2.75, 3.05) is 20.3 Å². The van der Waals surface area contributed by atoms with Crippen LogP contribution in [-0.2, 0) is 10.9 Å². The summed E-state index contributed by atoms with van der Waals surface area (Å²) in [5.74, 6) is 0.400. The molecular weight excluding hydrogens is 323 g/mol. The molecule has 2 atom stereocenters. The SMILES string of the molecule is CCC(CN=C(N)NC(C)COC)Oc1cccc(C(F)(F)F)c1. The Kier molecular flexibility index (Phi) is 7.84. The van der Waals surface area contributed by atoms with Crippen LogP contribution in [0.25, 0.3) is 0 Å². The molecule has 0 aliphatic carbocycles. The van der Waals surface area contributed by atoms with Gasteiger partial charge in [0.25, 0.3) is 0 Å². The van der Waals surface area contributed by atoms with Gasteiger partial charge in [0.05, 0.1) is 18.7 Å². The lowest BCUT2D eigenvalue weighted by Crippen LogP contribution is -2.41. The quantitative estimate of drug-likeness (QED) is 0.560. The van der Waals surface area contributed by atoms with E-state index in [9.17, 15) is 13.2 Å². The number of rotatable bonds is 8. The summed E-state index contributed by atoms with van der Waals surface area (Å²) >= 11 is 0. The molecule has 2 unspecified atom stereocenters. The first-order valence-electron chi connectivity index (χ1n) is 7.65. The number of guanidine groups is 1. The third-order valence-electron chi connectivity index (χ3n) is 3.20. The van der Waals surface area contributed by atoms with E-state index in [1.165, 1.54) is 12.1 Å². The minimum atomic E-state index is -4.40. The van der Waals surface area contributed by atoms with Gasteiger partial charge in [-0.1, -0.05) is 13.0 Å². The van der Waals surface area contributed by atoms with Gasteiger partial charge < -0.3 is 20.5 Å². The molecule has 8 heteroatoms. The van der Waals surface area contributed by atoms with E-state index in [1.807, 2.05) is 13.8 Å². The van der Waals surface area contributed by atoms with E-state index in [0.717, 1.165) is 12.1 Å². The first-order valence-corrected chi connectivity index (χ1v) is 7.65. The molecule has 136 valence electrons.